The Kier molecular flexibility index (Phi) is 3.02. The van der Waals surface area contributed by atoms with Crippen molar-refractivity contribution in [2.45, 2.75) is 31.0 Å². The van der Waals surface area contributed by atoms with Gasteiger partial charge in [-0.25, -0.2) is 4.98 Å². The number of carbonyl (C=O) groups is 1. The SMILES string of the molecule is CC(=O)c1cnc(C(Br)C2CCC2)s1. The molecule has 76 valence electrons. The molecule has 1 atom stereocenters. The third kappa shape index (κ3) is 1.91. The summed E-state index contributed by atoms with van der Waals surface area (Å²) in [7, 11) is 0. The van der Waals surface area contributed by atoms with Crippen LogP contribution in [0.25, 0.3) is 0 Å². The van der Waals surface area contributed by atoms with E-state index in [1.54, 1.807) is 13.1 Å². The van der Waals surface area contributed by atoms with Crippen molar-refractivity contribution in [3.63, 3.8) is 0 Å². The summed E-state index contributed by atoms with van der Waals surface area (Å²) in [6.45, 7) is 1.59. The highest BCUT2D eigenvalue weighted by atomic mass is 79.9. The Morgan fingerprint density at radius 2 is 2.43 bits per heavy atom. The molecule has 0 saturated heterocycles. The molecule has 1 aliphatic rings. The number of alkyl halides is 1. The van der Waals surface area contributed by atoms with E-state index < -0.39 is 0 Å². The van der Waals surface area contributed by atoms with Gasteiger partial charge in [-0.3, -0.25) is 4.79 Å². The molecule has 1 aliphatic carbocycles. The van der Waals surface area contributed by atoms with Crippen molar-refractivity contribution >= 4 is 33.0 Å². The van der Waals surface area contributed by atoms with Crippen LogP contribution in [0.4, 0.5) is 0 Å². The van der Waals surface area contributed by atoms with Gasteiger partial charge in [-0.05, 0) is 18.8 Å². The molecular weight excluding hydrogens is 262 g/mol. The van der Waals surface area contributed by atoms with Crippen molar-refractivity contribution in [1.29, 1.82) is 0 Å². The van der Waals surface area contributed by atoms with Gasteiger partial charge in [0.15, 0.2) is 5.78 Å². The molecule has 1 aromatic rings. The summed E-state index contributed by atoms with van der Waals surface area (Å²) < 4.78 is 0. The van der Waals surface area contributed by atoms with Gasteiger partial charge in [0.25, 0.3) is 0 Å². The lowest BCUT2D eigenvalue weighted by Gasteiger charge is -2.28. The van der Waals surface area contributed by atoms with Crippen LogP contribution >= 0.6 is 27.3 Å². The minimum atomic E-state index is 0.113. The van der Waals surface area contributed by atoms with Crippen molar-refractivity contribution in [2.75, 3.05) is 0 Å². The third-order valence-corrected chi connectivity index (χ3v) is 5.34. The number of nitrogens with zero attached hydrogens (tertiary/aromatic N) is 1. The smallest absolute Gasteiger partial charge is 0.171 e. The molecule has 0 N–H and O–H groups in total. The molecule has 1 unspecified atom stereocenters. The summed E-state index contributed by atoms with van der Waals surface area (Å²) in [5.74, 6) is 0.836. The molecule has 0 aliphatic heterocycles. The van der Waals surface area contributed by atoms with Crippen LogP contribution in [-0.4, -0.2) is 10.8 Å². The van der Waals surface area contributed by atoms with Gasteiger partial charge in [-0.15, -0.1) is 11.3 Å². The van der Waals surface area contributed by atoms with E-state index in [2.05, 4.69) is 20.9 Å². The normalized spacial score (nSPS) is 19.0. The molecule has 2 rings (SSSR count). The van der Waals surface area contributed by atoms with Crippen LogP contribution in [0.5, 0.6) is 0 Å². The molecule has 0 bridgehead atoms. The van der Waals surface area contributed by atoms with Gasteiger partial charge < -0.3 is 0 Å². The molecule has 4 heteroatoms. The Hall–Kier alpha value is -0.220. The highest BCUT2D eigenvalue weighted by Crippen LogP contribution is 2.44. The average molecular weight is 274 g/mol. The lowest BCUT2D eigenvalue weighted by molar-refractivity contribution is 0.102. The molecule has 0 amide bonds. The van der Waals surface area contributed by atoms with Crippen LogP contribution in [0.2, 0.25) is 0 Å². The largest absolute Gasteiger partial charge is 0.294 e. The Morgan fingerprint density at radius 1 is 1.71 bits per heavy atom. The maximum Gasteiger partial charge on any atom is 0.171 e. The fraction of sp³-hybridized carbons (Fsp3) is 0.600. The van der Waals surface area contributed by atoms with E-state index in [0.717, 1.165) is 15.8 Å². The number of hydrogen-bond acceptors (Lipinski definition) is 3. The Labute approximate surface area is 95.9 Å². The third-order valence-electron chi connectivity index (χ3n) is 2.67. The highest BCUT2D eigenvalue weighted by molar-refractivity contribution is 9.09. The van der Waals surface area contributed by atoms with Crippen LogP contribution < -0.4 is 0 Å². The number of thiazole rings is 1. The number of hydrogen-bond donors (Lipinski definition) is 0. The summed E-state index contributed by atoms with van der Waals surface area (Å²) in [5.41, 5.74) is 0. The zero-order chi connectivity index (χ0) is 10.1. The average Bonchev–Trinajstić information content (AvgIpc) is 2.48. The van der Waals surface area contributed by atoms with Crippen LogP contribution in [0.15, 0.2) is 6.20 Å². The van der Waals surface area contributed by atoms with Crippen LogP contribution in [0.3, 0.4) is 0 Å². The standard InChI is InChI=1S/C10H12BrNOS/c1-6(13)8-5-12-10(14-8)9(11)7-3-2-4-7/h5,7,9H,2-4H2,1H3. The molecule has 1 saturated carbocycles. The number of halogens is 1. The minimum absolute atomic E-state index is 0.113. The molecule has 14 heavy (non-hydrogen) atoms. The number of rotatable bonds is 3. The van der Waals surface area contributed by atoms with Crippen molar-refractivity contribution in [3.05, 3.63) is 16.1 Å². The zero-order valence-electron chi connectivity index (χ0n) is 8.00. The molecule has 0 radical (unpaired) electrons. The second kappa shape index (κ2) is 4.11. The van der Waals surface area contributed by atoms with Crippen LogP contribution in [0, 0.1) is 5.92 Å². The first kappa shape index (κ1) is 10.3. The van der Waals surface area contributed by atoms with E-state index in [1.807, 2.05) is 0 Å². The summed E-state index contributed by atoms with van der Waals surface area (Å²) in [6.07, 6.45) is 5.59. The predicted molar refractivity (Wildman–Crippen MR) is 61.1 cm³/mol. The molecular formula is C10H12BrNOS. The lowest BCUT2D eigenvalue weighted by atomic mass is 9.83. The topological polar surface area (TPSA) is 30.0 Å². The van der Waals surface area contributed by atoms with Gasteiger partial charge in [0.2, 0.25) is 0 Å². The summed E-state index contributed by atoms with van der Waals surface area (Å²) in [5, 5.41) is 1.06. The summed E-state index contributed by atoms with van der Waals surface area (Å²) in [4.78, 5) is 16.5. The number of aromatic nitrogens is 1. The van der Waals surface area contributed by atoms with Gasteiger partial charge in [-0.2, -0.15) is 0 Å². The molecule has 1 aromatic heterocycles. The van der Waals surface area contributed by atoms with Crippen LogP contribution in [-0.2, 0) is 0 Å². The molecule has 1 heterocycles. The van der Waals surface area contributed by atoms with Crippen molar-refractivity contribution in [2.24, 2.45) is 5.92 Å². The van der Waals surface area contributed by atoms with E-state index in [4.69, 9.17) is 0 Å². The van der Waals surface area contributed by atoms with E-state index in [1.165, 1.54) is 30.6 Å². The fourth-order valence-electron chi connectivity index (χ4n) is 1.51. The van der Waals surface area contributed by atoms with E-state index in [-0.39, 0.29) is 5.78 Å². The zero-order valence-corrected chi connectivity index (χ0v) is 10.4. The monoisotopic (exact) mass is 273 g/mol. The molecule has 2 nitrogen and oxygen atoms in total. The van der Waals surface area contributed by atoms with Crippen molar-refractivity contribution in [1.82, 2.24) is 4.98 Å². The molecule has 0 spiro atoms. The predicted octanol–water partition coefficient (Wildman–Crippen LogP) is 3.58. The van der Waals surface area contributed by atoms with Gasteiger partial charge in [0, 0.05) is 13.1 Å². The maximum atomic E-state index is 11.1. The minimum Gasteiger partial charge on any atom is -0.294 e. The first-order chi connectivity index (χ1) is 6.68. The maximum absolute atomic E-state index is 11.1. The second-order valence-corrected chi connectivity index (χ2v) is 5.76. The van der Waals surface area contributed by atoms with Crippen LogP contribution in [0.1, 0.15) is 45.7 Å². The highest BCUT2D eigenvalue weighted by Gasteiger charge is 2.28. The lowest BCUT2D eigenvalue weighted by Crippen LogP contribution is -2.15. The first-order valence-electron chi connectivity index (χ1n) is 4.79. The van der Waals surface area contributed by atoms with Gasteiger partial charge in [0.05, 0.1) is 9.70 Å². The summed E-state index contributed by atoms with van der Waals surface area (Å²) in [6, 6.07) is 0. The van der Waals surface area contributed by atoms with E-state index in [0.29, 0.717) is 4.83 Å². The Morgan fingerprint density at radius 3 is 2.86 bits per heavy atom. The Bertz CT molecular complexity index is 346. The quantitative estimate of drug-likeness (QED) is 0.623. The molecule has 0 aromatic carbocycles. The fourth-order valence-corrected chi connectivity index (χ4v) is 3.32. The summed E-state index contributed by atoms with van der Waals surface area (Å²) >= 11 is 5.18. The van der Waals surface area contributed by atoms with E-state index in [9.17, 15) is 4.79 Å². The van der Waals surface area contributed by atoms with Gasteiger partial charge in [0.1, 0.15) is 5.01 Å². The first-order valence-corrected chi connectivity index (χ1v) is 6.52. The van der Waals surface area contributed by atoms with Crippen molar-refractivity contribution in [3.8, 4) is 0 Å². The number of carbonyl (C=O) groups excluding carboxylic acids is 1. The van der Waals surface area contributed by atoms with Gasteiger partial charge >= 0.3 is 0 Å². The number of ketones is 1. The number of Topliss-reactive ketones (excluding diaryl/α,β-unsaturated/α-hetero) is 1. The van der Waals surface area contributed by atoms with Gasteiger partial charge in [-0.1, -0.05) is 22.4 Å². The van der Waals surface area contributed by atoms with Crippen molar-refractivity contribution < 1.29 is 4.79 Å². The molecule has 1 fully saturated rings. The second-order valence-electron chi connectivity index (χ2n) is 3.71. The van der Waals surface area contributed by atoms with E-state index >= 15 is 0 Å². The Balaban J connectivity index is 2.11.